The molecule has 0 N–H and O–H groups in total. The van der Waals surface area contributed by atoms with Crippen molar-refractivity contribution >= 4 is 10.9 Å². The maximum atomic E-state index is 4.50. The summed E-state index contributed by atoms with van der Waals surface area (Å²) in [4.78, 5) is 7.01. The maximum Gasteiger partial charge on any atom is 0.0704 e. The molecule has 1 aromatic carbocycles. The quantitative estimate of drug-likeness (QED) is 0.781. The Kier molecular flexibility index (Phi) is 2.90. The van der Waals surface area contributed by atoms with Crippen molar-refractivity contribution in [2.75, 3.05) is 6.54 Å². The van der Waals surface area contributed by atoms with E-state index in [1.54, 1.807) is 0 Å². The molecule has 2 aliphatic heterocycles. The third-order valence-electron chi connectivity index (χ3n) is 5.67. The van der Waals surface area contributed by atoms with Gasteiger partial charge >= 0.3 is 0 Å². The van der Waals surface area contributed by atoms with E-state index in [4.69, 9.17) is 0 Å². The predicted octanol–water partition coefficient (Wildman–Crippen LogP) is 4.36. The number of rotatable bonds is 3. The largest absolute Gasteiger partial charge is 0.373 e. The maximum absolute atomic E-state index is 4.50. The number of fused-ring (bicyclic) bond motifs is 3. The van der Waals surface area contributed by atoms with Gasteiger partial charge in [-0.25, -0.2) is 0 Å². The number of nitrogens with zero attached hydrogens (tertiary/aromatic N) is 2. The zero-order chi connectivity index (χ0) is 15.3. The van der Waals surface area contributed by atoms with Gasteiger partial charge in [-0.1, -0.05) is 44.2 Å². The fourth-order valence-corrected chi connectivity index (χ4v) is 4.39. The monoisotopic (exact) mass is 290 g/mol. The Morgan fingerprint density at radius 3 is 2.95 bits per heavy atom. The third-order valence-corrected chi connectivity index (χ3v) is 5.67. The zero-order valence-corrected chi connectivity index (χ0v) is 13.2. The van der Waals surface area contributed by atoms with Crippen molar-refractivity contribution in [1.29, 1.82) is 0 Å². The van der Waals surface area contributed by atoms with E-state index in [9.17, 15) is 0 Å². The van der Waals surface area contributed by atoms with E-state index in [0.29, 0.717) is 17.9 Å². The van der Waals surface area contributed by atoms with Crippen molar-refractivity contribution in [3.8, 4) is 0 Å². The van der Waals surface area contributed by atoms with E-state index < -0.39 is 0 Å². The molecule has 1 saturated heterocycles. The number of hydrogen-bond donors (Lipinski definition) is 0. The molecule has 4 rings (SSSR count). The lowest BCUT2D eigenvalue weighted by molar-refractivity contribution is 0.313. The number of hydrogen-bond acceptors (Lipinski definition) is 2. The molecule has 1 fully saturated rings. The Morgan fingerprint density at radius 1 is 1.36 bits per heavy atom. The molecule has 3 unspecified atom stereocenters. The summed E-state index contributed by atoms with van der Waals surface area (Å²) in [7, 11) is 0. The standard InChI is InChI=1S/C20H22N2/c1-4-20(3)13-22-12-10-17(20)19(22)14(2)15-9-11-21-18-8-6-5-7-16(15)18/h4-12,14,17,19H,1,13H2,2-3H3/t14?,17?,19-,20?/m1/s1. The molecule has 0 radical (unpaired) electrons. The van der Waals surface area contributed by atoms with Crippen molar-refractivity contribution in [1.82, 2.24) is 9.88 Å². The van der Waals surface area contributed by atoms with Crippen molar-refractivity contribution in [3.63, 3.8) is 0 Å². The van der Waals surface area contributed by atoms with Crippen LogP contribution in [0, 0.1) is 11.3 Å². The molecule has 2 aromatic rings. The van der Waals surface area contributed by atoms with Gasteiger partial charge in [0, 0.05) is 41.4 Å². The molecule has 3 heterocycles. The first kappa shape index (κ1) is 13.6. The highest BCUT2D eigenvalue weighted by molar-refractivity contribution is 5.82. The van der Waals surface area contributed by atoms with Gasteiger partial charge in [-0.3, -0.25) is 4.98 Å². The minimum Gasteiger partial charge on any atom is -0.373 e. The summed E-state index contributed by atoms with van der Waals surface area (Å²) < 4.78 is 0. The van der Waals surface area contributed by atoms with E-state index in [-0.39, 0.29) is 5.41 Å². The molecule has 1 aromatic heterocycles. The average molecular weight is 290 g/mol. The molecule has 2 nitrogen and oxygen atoms in total. The van der Waals surface area contributed by atoms with Crippen molar-refractivity contribution in [2.45, 2.75) is 25.8 Å². The molecule has 2 heteroatoms. The molecule has 2 aliphatic rings. The lowest BCUT2D eigenvalue weighted by Gasteiger charge is -2.29. The third kappa shape index (κ3) is 1.76. The Hall–Kier alpha value is -2.09. The van der Waals surface area contributed by atoms with Gasteiger partial charge in [-0.2, -0.15) is 0 Å². The summed E-state index contributed by atoms with van der Waals surface area (Å²) in [6, 6.07) is 11.2. The molecular formula is C20H22N2. The first-order chi connectivity index (χ1) is 10.6. The highest BCUT2D eigenvalue weighted by Crippen LogP contribution is 2.50. The van der Waals surface area contributed by atoms with Gasteiger partial charge in [0.1, 0.15) is 0 Å². The predicted molar refractivity (Wildman–Crippen MR) is 91.6 cm³/mol. The highest BCUT2D eigenvalue weighted by atomic mass is 15.2. The van der Waals surface area contributed by atoms with Crippen molar-refractivity contribution in [3.05, 3.63) is 67.0 Å². The van der Waals surface area contributed by atoms with E-state index in [0.717, 1.165) is 12.1 Å². The van der Waals surface area contributed by atoms with E-state index in [1.807, 2.05) is 6.20 Å². The van der Waals surface area contributed by atoms with Crippen LogP contribution in [0.4, 0.5) is 0 Å². The summed E-state index contributed by atoms with van der Waals surface area (Å²) in [5.41, 5.74) is 2.69. The topological polar surface area (TPSA) is 16.1 Å². The normalized spacial score (nSPS) is 30.9. The van der Waals surface area contributed by atoms with Gasteiger partial charge in [-0.05, 0) is 23.9 Å². The van der Waals surface area contributed by atoms with E-state index >= 15 is 0 Å². The Balaban J connectivity index is 1.76. The van der Waals surface area contributed by atoms with Crippen LogP contribution in [0.5, 0.6) is 0 Å². The van der Waals surface area contributed by atoms with Crippen LogP contribution in [-0.4, -0.2) is 22.5 Å². The van der Waals surface area contributed by atoms with Crippen LogP contribution >= 0.6 is 0 Å². The van der Waals surface area contributed by atoms with Crippen LogP contribution in [0.2, 0.25) is 0 Å². The van der Waals surface area contributed by atoms with Crippen LogP contribution < -0.4 is 0 Å². The molecule has 4 atom stereocenters. The number of benzene rings is 1. The molecule has 0 amide bonds. The Labute approximate surface area is 132 Å². The van der Waals surface area contributed by atoms with Crippen molar-refractivity contribution < 1.29 is 0 Å². The molecule has 0 saturated carbocycles. The second kappa shape index (κ2) is 4.70. The van der Waals surface area contributed by atoms with Gasteiger partial charge in [0.15, 0.2) is 0 Å². The van der Waals surface area contributed by atoms with Crippen LogP contribution in [0.1, 0.15) is 25.3 Å². The second-order valence-corrected chi connectivity index (χ2v) is 6.95. The van der Waals surface area contributed by atoms with Gasteiger partial charge in [-0.15, -0.1) is 6.58 Å². The lowest BCUT2D eigenvalue weighted by Crippen LogP contribution is -2.29. The van der Waals surface area contributed by atoms with Crippen LogP contribution in [0.25, 0.3) is 10.9 Å². The highest BCUT2D eigenvalue weighted by Gasteiger charge is 2.51. The van der Waals surface area contributed by atoms with E-state index in [2.05, 4.69) is 79.0 Å². The molecule has 0 spiro atoms. The van der Waals surface area contributed by atoms with Crippen molar-refractivity contribution in [2.24, 2.45) is 11.3 Å². The number of para-hydroxylation sites is 1. The van der Waals surface area contributed by atoms with Crippen LogP contribution in [0.15, 0.2) is 61.5 Å². The molecule has 22 heavy (non-hydrogen) atoms. The molecular weight excluding hydrogens is 268 g/mol. The molecule has 112 valence electrons. The first-order valence-corrected chi connectivity index (χ1v) is 8.05. The zero-order valence-electron chi connectivity index (χ0n) is 13.2. The van der Waals surface area contributed by atoms with Gasteiger partial charge < -0.3 is 4.90 Å². The smallest absolute Gasteiger partial charge is 0.0704 e. The average Bonchev–Trinajstić information content (AvgIpc) is 3.09. The summed E-state index contributed by atoms with van der Waals surface area (Å²) >= 11 is 0. The molecule has 2 bridgehead atoms. The minimum atomic E-state index is 0.191. The summed E-state index contributed by atoms with van der Waals surface area (Å²) in [6.45, 7) is 9.85. The second-order valence-electron chi connectivity index (χ2n) is 6.95. The van der Waals surface area contributed by atoms with Crippen LogP contribution in [-0.2, 0) is 0 Å². The fourth-order valence-electron chi connectivity index (χ4n) is 4.39. The first-order valence-electron chi connectivity index (χ1n) is 8.05. The van der Waals surface area contributed by atoms with E-state index in [1.165, 1.54) is 10.9 Å². The Morgan fingerprint density at radius 2 is 2.18 bits per heavy atom. The Bertz CT molecular complexity index is 758. The number of aromatic nitrogens is 1. The minimum absolute atomic E-state index is 0.191. The van der Waals surface area contributed by atoms with Gasteiger partial charge in [0.2, 0.25) is 0 Å². The van der Waals surface area contributed by atoms with Gasteiger partial charge in [0.25, 0.3) is 0 Å². The summed E-state index contributed by atoms with van der Waals surface area (Å²) in [5, 5.41) is 1.28. The summed E-state index contributed by atoms with van der Waals surface area (Å²) in [6.07, 6.45) is 8.74. The SMILES string of the molecule is C=CC1(C)CN2C=CC1[C@H]2C(C)c1ccnc2ccccc12. The molecule has 0 aliphatic carbocycles. The fraction of sp³-hybridized carbons (Fsp3) is 0.350. The summed E-state index contributed by atoms with van der Waals surface area (Å²) in [5.74, 6) is 1.02. The van der Waals surface area contributed by atoms with Crippen LogP contribution in [0.3, 0.4) is 0 Å². The lowest BCUT2D eigenvalue weighted by atomic mass is 9.73. The van der Waals surface area contributed by atoms with Gasteiger partial charge in [0.05, 0.1) is 5.52 Å². The number of pyridine rings is 1.